The Balaban J connectivity index is 1.70. The first-order valence-corrected chi connectivity index (χ1v) is 9.81. The van der Waals surface area contributed by atoms with Crippen LogP contribution in [-0.2, 0) is 11.2 Å². The van der Waals surface area contributed by atoms with Crippen LogP contribution in [0.4, 0.5) is 0 Å². The van der Waals surface area contributed by atoms with Crippen LogP contribution in [-0.4, -0.2) is 38.6 Å². The average Bonchev–Trinajstić information content (AvgIpc) is 2.71. The zero-order valence-corrected chi connectivity index (χ0v) is 16.5. The molecule has 0 fully saturated rings. The zero-order valence-electron chi connectivity index (χ0n) is 16.5. The van der Waals surface area contributed by atoms with Crippen molar-refractivity contribution in [3.05, 3.63) is 59.7 Å². The van der Waals surface area contributed by atoms with Crippen molar-refractivity contribution in [2.45, 2.75) is 38.5 Å². The van der Waals surface area contributed by atoms with E-state index in [2.05, 4.69) is 19.1 Å². The number of unbranched alkanes of at least 4 members (excludes halogenated alkanes) is 2. The summed E-state index contributed by atoms with van der Waals surface area (Å²) in [4.78, 5) is 0. The van der Waals surface area contributed by atoms with Crippen molar-refractivity contribution in [1.82, 2.24) is 0 Å². The van der Waals surface area contributed by atoms with Crippen LogP contribution in [0, 0.1) is 0 Å². The van der Waals surface area contributed by atoms with Gasteiger partial charge in [-0.3, -0.25) is 0 Å². The Labute approximate surface area is 163 Å². The van der Waals surface area contributed by atoms with Crippen LogP contribution in [0.5, 0.6) is 11.5 Å². The Hall–Kier alpha value is -2.04. The van der Waals surface area contributed by atoms with E-state index >= 15 is 0 Å². The normalized spacial score (nSPS) is 12.0. The van der Waals surface area contributed by atoms with Gasteiger partial charge in [0.15, 0.2) is 0 Å². The van der Waals surface area contributed by atoms with E-state index < -0.39 is 0 Å². The summed E-state index contributed by atoms with van der Waals surface area (Å²) in [6.07, 6.45) is 4.91. The second-order valence-corrected chi connectivity index (χ2v) is 6.70. The summed E-state index contributed by atoms with van der Waals surface area (Å²) >= 11 is 0. The van der Waals surface area contributed by atoms with Crippen LogP contribution >= 0.6 is 0 Å². The summed E-state index contributed by atoms with van der Waals surface area (Å²) < 4.78 is 16.6. The second-order valence-electron chi connectivity index (χ2n) is 6.70. The minimum absolute atomic E-state index is 0.00247. The lowest BCUT2D eigenvalue weighted by Crippen LogP contribution is -2.11. The summed E-state index contributed by atoms with van der Waals surface area (Å²) in [5.41, 5.74) is 2.41. The van der Waals surface area contributed by atoms with Gasteiger partial charge in [-0.1, -0.05) is 44.0 Å². The van der Waals surface area contributed by atoms with E-state index in [0.29, 0.717) is 19.8 Å². The molecule has 4 heteroatoms. The van der Waals surface area contributed by atoms with E-state index in [-0.39, 0.29) is 12.5 Å². The second kappa shape index (κ2) is 12.4. The predicted octanol–water partition coefficient (Wildman–Crippen LogP) is 4.60. The van der Waals surface area contributed by atoms with E-state index in [1.54, 1.807) is 7.11 Å². The minimum atomic E-state index is -0.00247. The number of aryl methyl sites for hydroxylation is 1. The quantitative estimate of drug-likeness (QED) is 0.522. The molecule has 1 unspecified atom stereocenters. The number of benzene rings is 2. The van der Waals surface area contributed by atoms with Crippen molar-refractivity contribution in [2.75, 3.05) is 33.5 Å². The minimum Gasteiger partial charge on any atom is -0.490 e. The number of hydrogen-bond acceptors (Lipinski definition) is 4. The number of ether oxygens (including phenoxy) is 3. The van der Waals surface area contributed by atoms with Crippen molar-refractivity contribution in [3.63, 3.8) is 0 Å². The standard InChI is InChI=1S/C23H32O4/c1-3-4-5-6-19-7-11-22(12-8-19)26-15-16-27-23-13-9-20(10-14-23)21(17-24)18-25-2/h7-14,21,24H,3-6,15-18H2,1-2H3. The fourth-order valence-electron chi connectivity index (χ4n) is 2.94. The van der Waals surface area contributed by atoms with Gasteiger partial charge in [-0.05, 0) is 48.2 Å². The molecule has 4 nitrogen and oxygen atoms in total. The van der Waals surface area contributed by atoms with Gasteiger partial charge in [-0.25, -0.2) is 0 Å². The van der Waals surface area contributed by atoms with Crippen LogP contribution in [0.15, 0.2) is 48.5 Å². The highest BCUT2D eigenvalue weighted by atomic mass is 16.5. The molecule has 0 bridgehead atoms. The molecule has 0 spiro atoms. The first-order valence-electron chi connectivity index (χ1n) is 9.81. The molecule has 0 aromatic heterocycles. The van der Waals surface area contributed by atoms with Crippen molar-refractivity contribution in [1.29, 1.82) is 0 Å². The maximum Gasteiger partial charge on any atom is 0.122 e. The molecule has 0 heterocycles. The number of hydrogen-bond donors (Lipinski definition) is 1. The van der Waals surface area contributed by atoms with Gasteiger partial charge in [-0.2, -0.15) is 0 Å². The van der Waals surface area contributed by atoms with E-state index in [9.17, 15) is 5.11 Å². The van der Waals surface area contributed by atoms with Crippen molar-refractivity contribution in [2.24, 2.45) is 0 Å². The van der Waals surface area contributed by atoms with E-state index in [0.717, 1.165) is 23.5 Å². The third kappa shape index (κ3) is 7.61. The van der Waals surface area contributed by atoms with Crippen LogP contribution in [0.25, 0.3) is 0 Å². The summed E-state index contributed by atoms with van der Waals surface area (Å²) in [5.74, 6) is 1.67. The van der Waals surface area contributed by atoms with Crippen LogP contribution in [0.1, 0.15) is 43.2 Å². The smallest absolute Gasteiger partial charge is 0.122 e. The van der Waals surface area contributed by atoms with E-state index in [1.165, 1.54) is 24.8 Å². The van der Waals surface area contributed by atoms with Gasteiger partial charge in [0, 0.05) is 13.0 Å². The molecule has 0 saturated heterocycles. The molecule has 27 heavy (non-hydrogen) atoms. The molecule has 2 aromatic rings. The van der Waals surface area contributed by atoms with Gasteiger partial charge in [-0.15, -0.1) is 0 Å². The largest absolute Gasteiger partial charge is 0.490 e. The maximum absolute atomic E-state index is 9.40. The summed E-state index contributed by atoms with van der Waals surface area (Å²) in [6, 6.07) is 16.1. The van der Waals surface area contributed by atoms with Gasteiger partial charge in [0.05, 0.1) is 13.2 Å². The lowest BCUT2D eigenvalue weighted by atomic mass is 10.0. The lowest BCUT2D eigenvalue weighted by molar-refractivity contribution is 0.144. The molecular formula is C23H32O4. The summed E-state index contributed by atoms with van der Waals surface area (Å²) in [6.45, 7) is 3.78. The van der Waals surface area contributed by atoms with Gasteiger partial charge >= 0.3 is 0 Å². The molecular weight excluding hydrogens is 340 g/mol. The van der Waals surface area contributed by atoms with Crippen LogP contribution in [0.3, 0.4) is 0 Å². The van der Waals surface area contributed by atoms with Gasteiger partial charge in [0.1, 0.15) is 24.7 Å². The molecule has 2 aromatic carbocycles. The Morgan fingerprint density at radius 1 is 0.852 bits per heavy atom. The lowest BCUT2D eigenvalue weighted by Gasteiger charge is -2.14. The Bertz CT molecular complexity index is 622. The van der Waals surface area contributed by atoms with Crippen LogP contribution in [0.2, 0.25) is 0 Å². The average molecular weight is 373 g/mol. The van der Waals surface area contributed by atoms with Crippen molar-refractivity contribution >= 4 is 0 Å². The molecule has 0 amide bonds. The third-order valence-corrected chi connectivity index (χ3v) is 4.55. The molecule has 0 radical (unpaired) electrons. The molecule has 1 atom stereocenters. The Morgan fingerprint density at radius 3 is 1.96 bits per heavy atom. The fraction of sp³-hybridized carbons (Fsp3) is 0.478. The zero-order chi connectivity index (χ0) is 19.3. The number of aliphatic hydroxyl groups is 1. The maximum atomic E-state index is 9.40. The number of methoxy groups -OCH3 is 1. The van der Waals surface area contributed by atoms with Gasteiger partial charge in [0.2, 0.25) is 0 Å². The predicted molar refractivity (Wildman–Crippen MR) is 109 cm³/mol. The highest BCUT2D eigenvalue weighted by molar-refractivity contribution is 5.30. The summed E-state index contributed by atoms with van der Waals surface area (Å²) in [7, 11) is 1.64. The molecule has 148 valence electrons. The number of aliphatic hydroxyl groups excluding tert-OH is 1. The highest BCUT2D eigenvalue weighted by Crippen LogP contribution is 2.20. The van der Waals surface area contributed by atoms with Crippen molar-refractivity contribution < 1.29 is 19.3 Å². The van der Waals surface area contributed by atoms with E-state index in [4.69, 9.17) is 14.2 Å². The van der Waals surface area contributed by atoms with Gasteiger partial charge in [0.25, 0.3) is 0 Å². The molecule has 0 aliphatic rings. The molecule has 0 saturated carbocycles. The molecule has 1 N–H and O–H groups in total. The summed E-state index contributed by atoms with van der Waals surface area (Å²) in [5, 5.41) is 9.40. The molecule has 2 rings (SSSR count). The SMILES string of the molecule is CCCCCc1ccc(OCCOc2ccc(C(CO)COC)cc2)cc1. The van der Waals surface area contributed by atoms with Crippen molar-refractivity contribution in [3.8, 4) is 11.5 Å². The van der Waals surface area contributed by atoms with Gasteiger partial charge < -0.3 is 19.3 Å². The topological polar surface area (TPSA) is 47.9 Å². The fourth-order valence-corrected chi connectivity index (χ4v) is 2.94. The molecule has 0 aliphatic carbocycles. The van der Waals surface area contributed by atoms with E-state index in [1.807, 2.05) is 36.4 Å². The van der Waals surface area contributed by atoms with Crippen LogP contribution < -0.4 is 9.47 Å². The Morgan fingerprint density at radius 2 is 1.44 bits per heavy atom. The molecule has 0 aliphatic heterocycles. The third-order valence-electron chi connectivity index (χ3n) is 4.55. The highest BCUT2D eigenvalue weighted by Gasteiger charge is 2.10. The Kier molecular flexibility index (Phi) is 9.74. The first kappa shape index (κ1) is 21.3. The monoisotopic (exact) mass is 372 g/mol. The number of rotatable bonds is 13. The first-order chi connectivity index (χ1) is 13.3.